The summed E-state index contributed by atoms with van der Waals surface area (Å²) in [5, 5.41) is 2.48. The molecule has 2 aromatic carbocycles. The summed E-state index contributed by atoms with van der Waals surface area (Å²) in [7, 11) is 1.22. The lowest BCUT2D eigenvalue weighted by atomic mass is 10.0. The van der Waals surface area contributed by atoms with E-state index in [0.717, 1.165) is 24.1 Å². The quantitative estimate of drug-likeness (QED) is 0.782. The van der Waals surface area contributed by atoms with Crippen molar-refractivity contribution in [3.05, 3.63) is 71.3 Å². The van der Waals surface area contributed by atoms with Gasteiger partial charge in [0.15, 0.2) is 0 Å². The van der Waals surface area contributed by atoms with Crippen molar-refractivity contribution in [3.63, 3.8) is 0 Å². The fourth-order valence-electron chi connectivity index (χ4n) is 2.47. The first-order chi connectivity index (χ1) is 12.0. The molecule has 1 N–H and O–H groups in total. The number of esters is 1. The van der Waals surface area contributed by atoms with E-state index in [1.54, 1.807) is 0 Å². The normalized spacial score (nSPS) is 11.6. The van der Waals surface area contributed by atoms with E-state index < -0.39 is 29.6 Å². The molecule has 0 aromatic heterocycles. The first kappa shape index (κ1) is 18.6. The van der Waals surface area contributed by atoms with Crippen LogP contribution in [0.5, 0.6) is 0 Å². The number of hydrogen-bond donors (Lipinski definition) is 1. The van der Waals surface area contributed by atoms with Gasteiger partial charge in [-0.15, -0.1) is 0 Å². The lowest BCUT2D eigenvalue weighted by molar-refractivity contribution is -0.143. The number of rotatable bonds is 7. The van der Waals surface area contributed by atoms with Crippen LogP contribution in [-0.4, -0.2) is 25.0 Å². The Morgan fingerprint density at radius 3 is 2.32 bits per heavy atom. The second kappa shape index (κ2) is 8.92. The van der Waals surface area contributed by atoms with Crippen molar-refractivity contribution in [2.45, 2.75) is 25.3 Å². The molecular weight excluding hydrogens is 328 g/mol. The van der Waals surface area contributed by atoms with Crippen LogP contribution >= 0.6 is 0 Å². The van der Waals surface area contributed by atoms with Gasteiger partial charge in [0.1, 0.15) is 17.7 Å². The summed E-state index contributed by atoms with van der Waals surface area (Å²) in [6.45, 7) is 0. The Kier molecular flexibility index (Phi) is 6.62. The van der Waals surface area contributed by atoms with Gasteiger partial charge < -0.3 is 10.1 Å². The number of benzene rings is 2. The second-order valence-corrected chi connectivity index (χ2v) is 5.59. The maximum absolute atomic E-state index is 13.2. The SMILES string of the molecule is COC(=O)[C@@H](CCCc1ccccc1)NC(=O)c1cc(F)cc(F)c1. The summed E-state index contributed by atoms with van der Waals surface area (Å²) in [5.41, 5.74) is 0.930. The Balaban J connectivity index is 1.99. The summed E-state index contributed by atoms with van der Waals surface area (Å²) in [6, 6.07) is 11.3. The number of carbonyl (C=O) groups excluding carboxylic acids is 2. The van der Waals surface area contributed by atoms with Crippen molar-refractivity contribution in [1.29, 1.82) is 0 Å². The molecule has 132 valence electrons. The molecule has 0 heterocycles. The van der Waals surface area contributed by atoms with Crippen molar-refractivity contribution in [1.82, 2.24) is 5.32 Å². The molecule has 0 bridgehead atoms. The van der Waals surface area contributed by atoms with Crippen molar-refractivity contribution >= 4 is 11.9 Å². The smallest absolute Gasteiger partial charge is 0.328 e. The number of carbonyl (C=O) groups is 2. The summed E-state index contributed by atoms with van der Waals surface area (Å²) in [5.74, 6) is -3.04. The van der Waals surface area contributed by atoms with E-state index in [2.05, 4.69) is 5.32 Å². The number of nitrogens with one attached hydrogen (secondary N) is 1. The Morgan fingerprint density at radius 1 is 1.08 bits per heavy atom. The van der Waals surface area contributed by atoms with Crippen LogP contribution in [0, 0.1) is 11.6 Å². The van der Waals surface area contributed by atoms with Gasteiger partial charge in [-0.2, -0.15) is 0 Å². The predicted molar refractivity (Wildman–Crippen MR) is 89.0 cm³/mol. The largest absolute Gasteiger partial charge is 0.467 e. The Hall–Kier alpha value is -2.76. The van der Waals surface area contributed by atoms with E-state index in [-0.39, 0.29) is 5.56 Å². The number of ether oxygens (including phenoxy) is 1. The topological polar surface area (TPSA) is 55.4 Å². The molecule has 2 aromatic rings. The Morgan fingerprint density at radius 2 is 1.72 bits per heavy atom. The van der Waals surface area contributed by atoms with Gasteiger partial charge in [-0.3, -0.25) is 4.79 Å². The first-order valence-corrected chi connectivity index (χ1v) is 7.88. The molecule has 0 aliphatic rings. The molecule has 0 fully saturated rings. The number of halogens is 2. The van der Waals surface area contributed by atoms with E-state index in [4.69, 9.17) is 4.74 Å². The molecular formula is C19H19F2NO3. The minimum absolute atomic E-state index is 0.186. The zero-order chi connectivity index (χ0) is 18.2. The number of hydrogen-bond acceptors (Lipinski definition) is 3. The van der Waals surface area contributed by atoms with E-state index in [0.29, 0.717) is 18.9 Å². The number of methoxy groups -OCH3 is 1. The summed E-state index contributed by atoms with van der Waals surface area (Å²) in [4.78, 5) is 24.0. The molecule has 0 spiro atoms. The second-order valence-electron chi connectivity index (χ2n) is 5.59. The number of amides is 1. The third-order valence-electron chi connectivity index (χ3n) is 3.72. The molecule has 1 amide bonds. The standard InChI is InChI=1S/C19H19F2NO3/c1-25-19(24)17(9-5-8-13-6-3-2-4-7-13)22-18(23)14-10-15(20)12-16(21)11-14/h2-4,6-7,10-12,17H,5,8-9H2,1H3,(H,22,23)/t17-/m1/s1. The van der Waals surface area contributed by atoms with Gasteiger partial charge in [0, 0.05) is 11.6 Å². The van der Waals surface area contributed by atoms with Crippen molar-refractivity contribution in [3.8, 4) is 0 Å². The summed E-state index contributed by atoms with van der Waals surface area (Å²) >= 11 is 0. The predicted octanol–water partition coefficient (Wildman–Crippen LogP) is 3.26. The van der Waals surface area contributed by atoms with Gasteiger partial charge in [-0.1, -0.05) is 30.3 Å². The Bertz CT molecular complexity index is 714. The van der Waals surface area contributed by atoms with E-state index in [1.165, 1.54) is 7.11 Å². The molecule has 0 unspecified atom stereocenters. The van der Waals surface area contributed by atoms with Crippen LogP contribution in [0.15, 0.2) is 48.5 Å². The zero-order valence-corrected chi connectivity index (χ0v) is 13.8. The molecule has 0 saturated heterocycles. The highest BCUT2D eigenvalue weighted by Gasteiger charge is 2.22. The Labute approximate surface area is 144 Å². The van der Waals surface area contributed by atoms with Crippen LogP contribution in [0.1, 0.15) is 28.8 Å². The van der Waals surface area contributed by atoms with Gasteiger partial charge >= 0.3 is 5.97 Å². The fourth-order valence-corrected chi connectivity index (χ4v) is 2.47. The lowest BCUT2D eigenvalue weighted by Crippen LogP contribution is -2.41. The molecule has 2 rings (SSSR count). The van der Waals surface area contributed by atoms with Crippen LogP contribution in [-0.2, 0) is 16.0 Å². The average molecular weight is 347 g/mol. The molecule has 6 heteroatoms. The number of aryl methyl sites for hydroxylation is 1. The molecule has 25 heavy (non-hydrogen) atoms. The third-order valence-corrected chi connectivity index (χ3v) is 3.72. The van der Waals surface area contributed by atoms with Crippen LogP contribution < -0.4 is 5.32 Å². The van der Waals surface area contributed by atoms with E-state index in [9.17, 15) is 18.4 Å². The average Bonchev–Trinajstić information content (AvgIpc) is 2.60. The summed E-state index contributed by atoms with van der Waals surface area (Å²) < 4.78 is 31.2. The molecule has 1 atom stereocenters. The molecule has 0 radical (unpaired) electrons. The van der Waals surface area contributed by atoms with Crippen molar-refractivity contribution in [2.24, 2.45) is 0 Å². The lowest BCUT2D eigenvalue weighted by Gasteiger charge is -2.16. The highest BCUT2D eigenvalue weighted by atomic mass is 19.1. The minimum atomic E-state index is -0.882. The highest BCUT2D eigenvalue weighted by molar-refractivity contribution is 5.96. The highest BCUT2D eigenvalue weighted by Crippen LogP contribution is 2.11. The summed E-state index contributed by atoms with van der Waals surface area (Å²) in [6.07, 6.45) is 1.73. The van der Waals surface area contributed by atoms with Crippen LogP contribution in [0.25, 0.3) is 0 Å². The van der Waals surface area contributed by atoms with Gasteiger partial charge in [-0.25, -0.2) is 13.6 Å². The van der Waals surface area contributed by atoms with E-state index >= 15 is 0 Å². The maximum Gasteiger partial charge on any atom is 0.328 e. The van der Waals surface area contributed by atoms with Gasteiger partial charge in [-0.05, 0) is 37.0 Å². The zero-order valence-electron chi connectivity index (χ0n) is 13.8. The fraction of sp³-hybridized carbons (Fsp3) is 0.263. The molecule has 0 aliphatic carbocycles. The van der Waals surface area contributed by atoms with Crippen LogP contribution in [0.2, 0.25) is 0 Å². The van der Waals surface area contributed by atoms with E-state index in [1.807, 2.05) is 30.3 Å². The third kappa shape index (κ3) is 5.67. The van der Waals surface area contributed by atoms with Gasteiger partial charge in [0.25, 0.3) is 5.91 Å². The van der Waals surface area contributed by atoms with Crippen LogP contribution in [0.3, 0.4) is 0 Å². The monoisotopic (exact) mass is 347 g/mol. The molecule has 0 saturated carbocycles. The molecule has 4 nitrogen and oxygen atoms in total. The van der Waals surface area contributed by atoms with Crippen molar-refractivity contribution in [2.75, 3.05) is 7.11 Å². The van der Waals surface area contributed by atoms with Gasteiger partial charge in [0.2, 0.25) is 0 Å². The first-order valence-electron chi connectivity index (χ1n) is 7.88. The molecule has 0 aliphatic heterocycles. The minimum Gasteiger partial charge on any atom is -0.467 e. The maximum atomic E-state index is 13.2. The van der Waals surface area contributed by atoms with Gasteiger partial charge in [0.05, 0.1) is 7.11 Å². The van der Waals surface area contributed by atoms with Crippen molar-refractivity contribution < 1.29 is 23.1 Å². The van der Waals surface area contributed by atoms with Crippen LogP contribution in [0.4, 0.5) is 8.78 Å².